The predicted octanol–water partition coefficient (Wildman–Crippen LogP) is 2.61. The summed E-state index contributed by atoms with van der Waals surface area (Å²) in [6.45, 7) is 1.42. The Morgan fingerprint density at radius 1 is 1.55 bits per heavy atom. The Bertz CT molecular complexity index is 640. The van der Waals surface area contributed by atoms with E-state index in [1.807, 2.05) is 18.2 Å². The molecule has 0 bridgehead atoms. The summed E-state index contributed by atoms with van der Waals surface area (Å²) in [5.74, 6) is -0.183. The summed E-state index contributed by atoms with van der Waals surface area (Å²) in [5, 5.41) is 10.1. The van der Waals surface area contributed by atoms with Crippen LogP contribution in [0.5, 0.6) is 5.75 Å². The van der Waals surface area contributed by atoms with Crippen molar-refractivity contribution in [3.63, 3.8) is 0 Å². The molecule has 5 nitrogen and oxygen atoms in total. The normalized spacial score (nSPS) is 19.2. The van der Waals surface area contributed by atoms with Crippen molar-refractivity contribution in [3.8, 4) is 5.75 Å². The van der Waals surface area contributed by atoms with Crippen molar-refractivity contribution in [2.24, 2.45) is 5.92 Å². The summed E-state index contributed by atoms with van der Waals surface area (Å²) in [6.07, 6.45) is 1.65. The first-order valence-corrected chi connectivity index (χ1v) is 7.41. The second-order valence-electron chi connectivity index (χ2n) is 4.95. The summed E-state index contributed by atoms with van der Waals surface area (Å²) in [6, 6.07) is 5.80. The molecule has 1 saturated heterocycles. The van der Waals surface area contributed by atoms with E-state index in [1.165, 1.54) is 0 Å². The van der Waals surface area contributed by atoms with Crippen LogP contribution in [-0.4, -0.2) is 36.3 Å². The number of aliphatic carboxylic acids is 1. The van der Waals surface area contributed by atoms with E-state index < -0.39 is 5.97 Å². The molecule has 20 heavy (non-hydrogen) atoms. The largest absolute Gasteiger partial charge is 0.497 e. The number of hydrogen-bond acceptors (Lipinski definition) is 5. The minimum Gasteiger partial charge on any atom is -0.497 e. The Kier molecular flexibility index (Phi) is 3.48. The molecule has 1 atom stereocenters. The number of nitrogens with zero attached hydrogens (tertiary/aromatic N) is 2. The van der Waals surface area contributed by atoms with Gasteiger partial charge in [0.05, 0.1) is 23.2 Å². The van der Waals surface area contributed by atoms with Gasteiger partial charge in [-0.2, -0.15) is 0 Å². The van der Waals surface area contributed by atoms with Crippen LogP contribution in [0.15, 0.2) is 18.2 Å². The fourth-order valence-electron chi connectivity index (χ4n) is 2.51. The molecule has 0 saturated carbocycles. The Hall–Kier alpha value is -1.82. The van der Waals surface area contributed by atoms with E-state index in [2.05, 4.69) is 9.88 Å². The Balaban J connectivity index is 1.88. The quantitative estimate of drug-likeness (QED) is 0.942. The van der Waals surface area contributed by atoms with E-state index in [4.69, 9.17) is 9.84 Å². The molecule has 0 amide bonds. The second-order valence-corrected chi connectivity index (χ2v) is 5.96. The third-order valence-electron chi connectivity index (χ3n) is 3.63. The summed E-state index contributed by atoms with van der Waals surface area (Å²) >= 11 is 1.59. The van der Waals surface area contributed by atoms with Gasteiger partial charge in [0.25, 0.3) is 0 Å². The minimum absolute atomic E-state index is 0.287. The number of piperidine rings is 1. The average molecular weight is 292 g/mol. The van der Waals surface area contributed by atoms with Crippen LogP contribution in [0.3, 0.4) is 0 Å². The van der Waals surface area contributed by atoms with Gasteiger partial charge in [0, 0.05) is 13.1 Å². The number of carboxylic acids is 1. The number of ether oxygens (including phenoxy) is 1. The van der Waals surface area contributed by atoms with Crippen molar-refractivity contribution in [1.82, 2.24) is 4.98 Å². The molecule has 0 unspecified atom stereocenters. The molecule has 3 rings (SSSR count). The standard InChI is InChI=1S/C14H16N2O3S/c1-19-10-4-5-11-12(7-10)20-14(15-11)16-6-2-3-9(8-16)13(17)18/h4-5,7,9H,2-3,6,8H2,1H3,(H,17,18)/t9-/m1/s1. The number of fused-ring (bicyclic) bond motifs is 1. The van der Waals surface area contributed by atoms with Crippen LogP contribution in [0, 0.1) is 5.92 Å². The third-order valence-corrected chi connectivity index (χ3v) is 4.70. The van der Waals surface area contributed by atoms with Gasteiger partial charge in [-0.15, -0.1) is 0 Å². The number of anilines is 1. The maximum absolute atomic E-state index is 11.1. The van der Waals surface area contributed by atoms with Crippen LogP contribution in [-0.2, 0) is 4.79 Å². The first-order chi connectivity index (χ1) is 9.67. The van der Waals surface area contributed by atoms with Gasteiger partial charge in [-0.25, -0.2) is 4.98 Å². The Morgan fingerprint density at radius 2 is 2.40 bits per heavy atom. The number of carbonyl (C=O) groups is 1. The fraction of sp³-hybridized carbons (Fsp3) is 0.429. The van der Waals surface area contributed by atoms with Crippen molar-refractivity contribution in [2.75, 3.05) is 25.1 Å². The van der Waals surface area contributed by atoms with Gasteiger partial charge in [0.15, 0.2) is 5.13 Å². The van der Waals surface area contributed by atoms with Crippen LogP contribution in [0.1, 0.15) is 12.8 Å². The van der Waals surface area contributed by atoms with Crippen molar-refractivity contribution < 1.29 is 14.6 Å². The maximum atomic E-state index is 11.1. The van der Waals surface area contributed by atoms with Gasteiger partial charge in [-0.3, -0.25) is 4.79 Å². The molecule has 6 heteroatoms. The zero-order chi connectivity index (χ0) is 14.1. The van der Waals surface area contributed by atoms with Crippen molar-refractivity contribution in [3.05, 3.63) is 18.2 Å². The van der Waals surface area contributed by atoms with E-state index in [9.17, 15) is 4.79 Å². The highest BCUT2D eigenvalue weighted by molar-refractivity contribution is 7.22. The molecule has 2 aromatic rings. The van der Waals surface area contributed by atoms with E-state index >= 15 is 0 Å². The molecule has 1 aromatic heterocycles. The lowest BCUT2D eigenvalue weighted by molar-refractivity contribution is -0.141. The Labute approximate surface area is 120 Å². The molecule has 1 fully saturated rings. The lowest BCUT2D eigenvalue weighted by Crippen LogP contribution is -2.38. The van der Waals surface area contributed by atoms with Gasteiger partial charge in [0.1, 0.15) is 5.75 Å². The number of thiazole rings is 1. The number of carboxylic acid groups (broad SMARTS) is 1. The van der Waals surface area contributed by atoms with Crippen LogP contribution in [0.2, 0.25) is 0 Å². The highest BCUT2D eigenvalue weighted by atomic mass is 32.1. The highest BCUT2D eigenvalue weighted by Crippen LogP contribution is 2.33. The topological polar surface area (TPSA) is 62.7 Å². The number of rotatable bonds is 3. The molecular formula is C14H16N2O3S. The molecule has 0 radical (unpaired) electrons. The lowest BCUT2D eigenvalue weighted by Gasteiger charge is -2.30. The van der Waals surface area contributed by atoms with Crippen LogP contribution in [0.4, 0.5) is 5.13 Å². The number of methoxy groups -OCH3 is 1. The minimum atomic E-state index is -0.711. The monoisotopic (exact) mass is 292 g/mol. The Morgan fingerprint density at radius 3 is 3.15 bits per heavy atom. The van der Waals surface area contributed by atoms with Crippen molar-refractivity contribution in [1.29, 1.82) is 0 Å². The molecule has 1 N–H and O–H groups in total. The molecule has 0 aliphatic carbocycles. The molecule has 1 aliphatic heterocycles. The zero-order valence-corrected chi connectivity index (χ0v) is 12.0. The first-order valence-electron chi connectivity index (χ1n) is 6.59. The van der Waals surface area contributed by atoms with Crippen LogP contribution < -0.4 is 9.64 Å². The maximum Gasteiger partial charge on any atom is 0.308 e. The van der Waals surface area contributed by atoms with Gasteiger partial charge < -0.3 is 14.7 Å². The van der Waals surface area contributed by atoms with Gasteiger partial charge in [0.2, 0.25) is 0 Å². The van der Waals surface area contributed by atoms with E-state index in [0.29, 0.717) is 6.54 Å². The van der Waals surface area contributed by atoms with Gasteiger partial charge in [-0.05, 0) is 31.0 Å². The molecule has 1 aromatic carbocycles. The summed E-state index contributed by atoms with van der Waals surface area (Å²) in [7, 11) is 1.64. The SMILES string of the molecule is COc1ccc2nc(N3CCC[C@@H](C(=O)O)C3)sc2c1. The molecule has 0 spiro atoms. The van der Waals surface area contributed by atoms with Crippen LogP contribution in [0.25, 0.3) is 10.2 Å². The number of aromatic nitrogens is 1. The van der Waals surface area contributed by atoms with E-state index in [1.54, 1.807) is 18.4 Å². The smallest absolute Gasteiger partial charge is 0.308 e. The van der Waals surface area contributed by atoms with E-state index in [0.717, 1.165) is 40.5 Å². The van der Waals surface area contributed by atoms with Crippen LogP contribution >= 0.6 is 11.3 Å². The predicted molar refractivity (Wildman–Crippen MR) is 78.7 cm³/mol. The third kappa shape index (κ3) is 2.43. The van der Waals surface area contributed by atoms with Crippen molar-refractivity contribution >= 4 is 32.7 Å². The molecule has 106 valence electrons. The second kappa shape index (κ2) is 5.28. The summed E-state index contributed by atoms with van der Waals surface area (Å²) < 4.78 is 6.28. The molecule has 2 heterocycles. The summed E-state index contributed by atoms with van der Waals surface area (Å²) in [5.41, 5.74) is 0.934. The van der Waals surface area contributed by atoms with Gasteiger partial charge in [-0.1, -0.05) is 11.3 Å². The van der Waals surface area contributed by atoms with E-state index in [-0.39, 0.29) is 5.92 Å². The average Bonchev–Trinajstić information content (AvgIpc) is 2.90. The first kappa shape index (κ1) is 13.2. The van der Waals surface area contributed by atoms with Crippen molar-refractivity contribution in [2.45, 2.75) is 12.8 Å². The fourth-order valence-corrected chi connectivity index (χ4v) is 3.54. The molecular weight excluding hydrogens is 276 g/mol. The molecule has 1 aliphatic rings. The summed E-state index contributed by atoms with van der Waals surface area (Å²) in [4.78, 5) is 17.8. The lowest BCUT2D eigenvalue weighted by atomic mass is 9.99. The highest BCUT2D eigenvalue weighted by Gasteiger charge is 2.27. The number of benzene rings is 1. The number of hydrogen-bond donors (Lipinski definition) is 1. The van der Waals surface area contributed by atoms with Gasteiger partial charge >= 0.3 is 5.97 Å². The zero-order valence-electron chi connectivity index (χ0n) is 11.2.